The first-order chi connectivity index (χ1) is 8.68. The molecular weight excluding hydrogens is 269 g/mol. The van der Waals surface area contributed by atoms with Gasteiger partial charge in [0, 0.05) is 12.6 Å². The van der Waals surface area contributed by atoms with Gasteiger partial charge in [-0.1, -0.05) is 32.4 Å². The maximum Gasteiger partial charge on any atom is 0.169 e. The molecule has 1 atom stereocenters. The minimum atomic E-state index is -0.661. The van der Waals surface area contributed by atoms with Crippen LogP contribution in [0.25, 0.3) is 0 Å². The van der Waals surface area contributed by atoms with Crippen LogP contribution in [0.5, 0.6) is 0 Å². The lowest BCUT2D eigenvalue weighted by Crippen LogP contribution is -2.35. The lowest BCUT2D eigenvalue weighted by atomic mass is 9.84. The Kier molecular flexibility index (Phi) is 4.87. The van der Waals surface area contributed by atoms with Crippen molar-refractivity contribution in [3.8, 4) is 0 Å². The maximum absolute atomic E-state index is 14.1. The van der Waals surface area contributed by atoms with Crippen LogP contribution in [0.1, 0.15) is 27.2 Å². The highest BCUT2D eigenvalue weighted by molar-refractivity contribution is 6.33. The summed E-state index contributed by atoms with van der Waals surface area (Å²) in [5.41, 5.74) is 11.6. The van der Waals surface area contributed by atoms with Crippen LogP contribution in [0.4, 0.5) is 21.5 Å². The van der Waals surface area contributed by atoms with Crippen molar-refractivity contribution in [1.29, 1.82) is 0 Å². The Morgan fingerprint density at radius 3 is 2.42 bits per heavy atom. The van der Waals surface area contributed by atoms with E-state index in [0.29, 0.717) is 6.42 Å². The minimum Gasteiger partial charge on any atom is -0.397 e. The molecular formula is C13H21ClFN3O. The van der Waals surface area contributed by atoms with Crippen LogP contribution in [-0.4, -0.2) is 17.8 Å². The molecule has 0 saturated carbocycles. The average molecular weight is 290 g/mol. The van der Waals surface area contributed by atoms with Gasteiger partial charge in [-0.25, -0.2) is 4.39 Å². The quantitative estimate of drug-likeness (QED) is 0.642. The number of nitrogen functional groups attached to an aromatic ring is 2. The molecule has 0 aliphatic rings. The smallest absolute Gasteiger partial charge is 0.169 e. The number of anilines is 3. The predicted octanol–water partition coefficient (Wildman–Crippen LogP) is 2.85. The fraction of sp³-hybridized carbons (Fsp3) is 0.538. The van der Waals surface area contributed by atoms with Gasteiger partial charge in [0.15, 0.2) is 5.82 Å². The SMILES string of the molecule is CC(C)(C)C(CCO)Nc1c(N)cc(N)c(Cl)c1F. The fourth-order valence-corrected chi connectivity index (χ4v) is 1.99. The van der Waals surface area contributed by atoms with Gasteiger partial charge in [-0.2, -0.15) is 0 Å². The molecule has 0 heterocycles. The highest BCUT2D eigenvalue weighted by Gasteiger charge is 2.26. The number of benzene rings is 1. The monoisotopic (exact) mass is 289 g/mol. The Bertz CT molecular complexity index is 460. The van der Waals surface area contributed by atoms with E-state index in [4.69, 9.17) is 28.2 Å². The van der Waals surface area contributed by atoms with Gasteiger partial charge >= 0.3 is 0 Å². The molecule has 108 valence electrons. The van der Waals surface area contributed by atoms with E-state index in [1.807, 2.05) is 20.8 Å². The largest absolute Gasteiger partial charge is 0.397 e. The number of aliphatic hydroxyl groups is 1. The Morgan fingerprint density at radius 1 is 1.37 bits per heavy atom. The molecule has 0 spiro atoms. The number of aliphatic hydroxyl groups excluding tert-OH is 1. The third kappa shape index (κ3) is 3.64. The summed E-state index contributed by atoms with van der Waals surface area (Å²) >= 11 is 5.78. The third-order valence-electron chi connectivity index (χ3n) is 3.05. The Hall–Kier alpha value is -1.20. The molecule has 1 unspecified atom stereocenters. The molecule has 19 heavy (non-hydrogen) atoms. The van der Waals surface area contributed by atoms with Crippen LogP contribution in [0, 0.1) is 11.2 Å². The summed E-state index contributed by atoms with van der Waals surface area (Å²) in [6, 6.07) is 1.28. The van der Waals surface area contributed by atoms with Crippen LogP contribution in [0.2, 0.25) is 5.02 Å². The minimum absolute atomic E-state index is 0.000828. The second-order valence-corrected chi connectivity index (χ2v) is 6.01. The average Bonchev–Trinajstić information content (AvgIpc) is 2.29. The molecule has 0 fully saturated rings. The number of nitrogens with two attached hydrogens (primary N) is 2. The second-order valence-electron chi connectivity index (χ2n) is 5.63. The molecule has 1 aromatic carbocycles. The Labute approximate surface area is 117 Å². The molecule has 0 bridgehead atoms. The molecule has 0 aromatic heterocycles. The summed E-state index contributed by atoms with van der Waals surface area (Å²) < 4.78 is 14.1. The van der Waals surface area contributed by atoms with Gasteiger partial charge in [0.05, 0.1) is 17.1 Å². The van der Waals surface area contributed by atoms with Crippen LogP contribution in [0.15, 0.2) is 6.07 Å². The zero-order valence-electron chi connectivity index (χ0n) is 11.4. The fourth-order valence-electron chi connectivity index (χ4n) is 1.84. The van der Waals surface area contributed by atoms with Crippen molar-refractivity contribution in [3.05, 3.63) is 16.9 Å². The van der Waals surface area contributed by atoms with Gasteiger partial charge in [-0.3, -0.25) is 0 Å². The molecule has 4 nitrogen and oxygen atoms in total. The van der Waals surface area contributed by atoms with E-state index in [0.717, 1.165) is 0 Å². The van der Waals surface area contributed by atoms with Crippen molar-refractivity contribution in [2.24, 2.45) is 5.41 Å². The van der Waals surface area contributed by atoms with Crippen LogP contribution < -0.4 is 16.8 Å². The third-order valence-corrected chi connectivity index (χ3v) is 3.43. The van der Waals surface area contributed by atoms with E-state index in [1.165, 1.54) is 6.07 Å². The topological polar surface area (TPSA) is 84.3 Å². The Balaban J connectivity index is 3.13. The number of hydrogen-bond donors (Lipinski definition) is 4. The lowest BCUT2D eigenvalue weighted by molar-refractivity contribution is 0.235. The van der Waals surface area contributed by atoms with E-state index >= 15 is 0 Å². The number of halogens is 2. The van der Waals surface area contributed by atoms with Crippen molar-refractivity contribution in [1.82, 2.24) is 0 Å². The van der Waals surface area contributed by atoms with Crippen molar-refractivity contribution in [2.75, 3.05) is 23.4 Å². The Morgan fingerprint density at radius 2 is 1.95 bits per heavy atom. The molecule has 6 heteroatoms. The highest BCUT2D eigenvalue weighted by atomic mass is 35.5. The first kappa shape index (κ1) is 15.9. The van der Waals surface area contributed by atoms with E-state index in [-0.39, 0.29) is 40.1 Å². The van der Waals surface area contributed by atoms with Crippen molar-refractivity contribution >= 4 is 28.7 Å². The zero-order chi connectivity index (χ0) is 14.8. The molecule has 0 radical (unpaired) electrons. The second kappa shape index (κ2) is 5.84. The van der Waals surface area contributed by atoms with Crippen LogP contribution in [0.3, 0.4) is 0 Å². The number of rotatable bonds is 4. The first-order valence-electron chi connectivity index (χ1n) is 6.08. The van der Waals surface area contributed by atoms with E-state index in [1.54, 1.807) is 0 Å². The molecule has 0 amide bonds. The van der Waals surface area contributed by atoms with Gasteiger partial charge in [0.25, 0.3) is 0 Å². The van der Waals surface area contributed by atoms with Gasteiger partial charge < -0.3 is 21.9 Å². The summed E-state index contributed by atoms with van der Waals surface area (Å²) in [6.07, 6.45) is 0.477. The lowest BCUT2D eigenvalue weighted by Gasteiger charge is -2.32. The molecule has 1 rings (SSSR count). The van der Waals surface area contributed by atoms with Gasteiger partial charge in [-0.05, 0) is 17.9 Å². The maximum atomic E-state index is 14.1. The van der Waals surface area contributed by atoms with E-state index in [2.05, 4.69) is 5.32 Å². The first-order valence-corrected chi connectivity index (χ1v) is 6.46. The summed E-state index contributed by atoms with van der Waals surface area (Å²) in [5, 5.41) is 12.0. The van der Waals surface area contributed by atoms with Crippen LogP contribution >= 0.6 is 11.6 Å². The van der Waals surface area contributed by atoms with Gasteiger partial charge in [-0.15, -0.1) is 0 Å². The van der Waals surface area contributed by atoms with E-state index < -0.39 is 5.82 Å². The summed E-state index contributed by atoms with van der Waals surface area (Å²) in [5.74, 6) is -0.661. The number of nitrogens with one attached hydrogen (secondary N) is 1. The molecule has 1 aromatic rings. The summed E-state index contributed by atoms with van der Waals surface area (Å²) in [7, 11) is 0. The van der Waals surface area contributed by atoms with Crippen LogP contribution in [-0.2, 0) is 0 Å². The molecule has 0 saturated heterocycles. The number of hydrogen-bond acceptors (Lipinski definition) is 4. The van der Waals surface area contributed by atoms with Crippen molar-refractivity contribution in [2.45, 2.75) is 33.2 Å². The normalized spacial score (nSPS) is 13.4. The van der Waals surface area contributed by atoms with Crippen molar-refractivity contribution in [3.63, 3.8) is 0 Å². The van der Waals surface area contributed by atoms with Crippen molar-refractivity contribution < 1.29 is 9.50 Å². The summed E-state index contributed by atoms with van der Waals surface area (Å²) in [6.45, 7) is 5.98. The standard InChI is InChI=1S/C13H21ClFN3O/c1-13(2,3)9(4-5-19)18-12-8(17)6-7(16)10(14)11(12)15/h6,9,18-19H,4-5,16-17H2,1-3H3. The molecule has 0 aliphatic heterocycles. The highest BCUT2D eigenvalue weighted by Crippen LogP contribution is 2.36. The predicted molar refractivity (Wildman–Crippen MR) is 78.8 cm³/mol. The van der Waals surface area contributed by atoms with Gasteiger partial charge in [0.2, 0.25) is 0 Å². The van der Waals surface area contributed by atoms with E-state index in [9.17, 15) is 4.39 Å². The molecule has 6 N–H and O–H groups in total. The zero-order valence-corrected chi connectivity index (χ0v) is 12.2. The summed E-state index contributed by atoms with van der Waals surface area (Å²) in [4.78, 5) is 0. The van der Waals surface area contributed by atoms with Gasteiger partial charge in [0.1, 0.15) is 5.02 Å². The molecule has 0 aliphatic carbocycles.